The van der Waals surface area contributed by atoms with Crippen LogP contribution in [-0.2, 0) is 0 Å². The zero-order valence-corrected chi connectivity index (χ0v) is 11.6. The Morgan fingerprint density at radius 2 is 1.89 bits per heavy atom. The van der Waals surface area contributed by atoms with Gasteiger partial charge in [0.2, 0.25) is 0 Å². The number of hydrogen-bond donors (Lipinski definition) is 2. The van der Waals surface area contributed by atoms with Gasteiger partial charge in [-0.1, -0.05) is 36.0 Å². The highest BCUT2D eigenvalue weighted by Crippen LogP contribution is 2.26. The molecule has 0 saturated carbocycles. The smallest absolute Gasteiger partial charge is 0.0948 e. The summed E-state index contributed by atoms with van der Waals surface area (Å²) in [5.74, 6) is 0. The maximum absolute atomic E-state index is 9.55. The minimum absolute atomic E-state index is 0.0650. The van der Waals surface area contributed by atoms with Crippen molar-refractivity contribution in [2.75, 3.05) is 13.1 Å². The molecule has 18 heavy (non-hydrogen) atoms. The first-order valence-corrected chi connectivity index (χ1v) is 6.83. The van der Waals surface area contributed by atoms with Gasteiger partial charge in [0.25, 0.3) is 0 Å². The van der Waals surface area contributed by atoms with Crippen LogP contribution in [0.3, 0.4) is 0 Å². The molecule has 1 aliphatic rings. The molecule has 0 bridgehead atoms. The van der Waals surface area contributed by atoms with Crippen LogP contribution in [-0.4, -0.2) is 34.2 Å². The van der Waals surface area contributed by atoms with Crippen LogP contribution < -0.4 is 5.73 Å². The van der Waals surface area contributed by atoms with Gasteiger partial charge in [0, 0.05) is 18.1 Å². The average molecular weight is 285 g/mol. The molecule has 1 atom stereocenters. The molecule has 0 spiro atoms. The van der Waals surface area contributed by atoms with E-state index in [2.05, 4.69) is 4.90 Å². The lowest BCUT2D eigenvalue weighted by Crippen LogP contribution is -2.43. The number of hydrogen-bond acceptors (Lipinski definition) is 3. The zero-order valence-electron chi connectivity index (χ0n) is 10.1. The van der Waals surface area contributed by atoms with Gasteiger partial charge in [0.1, 0.15) is 0 Å². The zero-order chi connectivity index (χ0) is 13.1. The number of nitrogens with zero attached hydrogens (tertiary/aromatic N) is 1. The predicted octanol–water partition coefficient (Wildman–Crippen LogP) is 2.12. The van der Waals surface area contributed by atoms with Crippen LogP contribution in [0.5, 0.6) is 0 Å². The molecule has 1 aromatic rings. The molecule has 0 radical (unpaired) electrons. The van der Waals surface area contributed by atoms with E-state index in [0.29, 0.717) is 10.0 Å². The molecule has 0 aromatic heterocycles. The van der Waals surface area contributed by atoms with Gasteiger partial charge in [-0.15, -0.1) is 0 Å². The van der Waals surface area contributed by atoms with Crippen molar-refractivity contribution in [3.63, 3.8) is 0 Å². The standard InChI is InChI=1S/C13H17ClN2OS/c14-10-3-1-9(2-4-10)12(13(15)18)16-7-5-11(17)6-8-16/h1-4,11-12,17H,5-8H2,(H2,15,18). The highest BCUT2D eigenvalue weighted by molar-refractivity contribution is 7.80. The largest absolute Gasteiger partial charge is 0.393 e. The molecule has 1 unspecified atom stereocenters. The van der Waals surface area contributed by atoms with Crippen LogP contribution in [0.2, 0.25) is 5.02 Å². The van der Waals surface area contributed by atoms with E-state index < -0.39 is 0 Å². The summed E-state index contributed by atoms with van der Waals surface area (Å²) >= 11 is 11.1. The van der Waals surface area contributed by atoms with E-state index >= 15 is 0 Å². The lowest BCUT2D eigenvalue weighted by Gasteiger charge is -2.35. The van der Waals surface area contributed by atoms with E-state index in [4.69, 9.17) is 29.6 Å². The Kier molecular flexibility index (Phi) is 4.56. The number of aliphatic hydroxyl groups is 1. The van der Waals surface area contributed by atoms with Crippen molar-refractivity contribution in [2.45, 2.75) is 25.0 Å². The van der Waals surface area contributed by atoms with Crippen LogP contribution >= 0.6 is 23.8 Å². The fourth-order valence-corrected chi connectivity index (χ4v) is 2.76. The van der Waals surface area contributed by atoms with Crippen molar-refractivity contribution in [1.29, 1.82) is 0 Å². The van der Waals surface area contributed by atoms with Crippen molar-refractivity contribution < 1.29 is 5.11 Å². The van der Waals surface area contributed by atoms with Crippen molar-refractivity contribution >= 4 is 28.8 Å². The number of benzene rings is 1. The predicted molar refractivity (Wildman–Crippen MR) is 77.8 cm³/mol. The second-order valence-electron chi connectivity index (χ2n) is 4.62. The summed E-state index contributed by atoms with van der Waals surface area (Å²) in [4.78, 5) is 2.69. The molecule has 98 valence electrons. The molecule has 0 aliphatic carbocycles. The summed E-state index contributed by atoms with van der Waals surface area (Å²) in [5.41, 5.74) is 6.93. The van der Waals surface area contributed by atoms with Gasteiger partial charge in [-0.3, -0.25) is 4.90 Å². The summed E-state index contributed by atoms with van der Waals surface area (Å²) in [7, 11) is 0. The fraction of sp³-hybridized carbons (Fsp3) is 0.462. The third-order valence-corrected chi connectivity index (χ3v) is 3.79. The first-order valence-electron chi connectivity index (χ1n) is 6.05. The van der Waals surface area contributed by atoms with Gasteiger partial charge in [-0.2, -0.15) is 0 Å². The van der Waals surface area contributed by atoms with Crippen molar-refractivity contribution in [2.24, 2.45) is 5.73 Å². The third-order valence-electron chi connectivity index (χ3n) is 3.32. The maximum atomic E-state index is 9.55. The van der Waals surface area contributed by atoms with Gasteiger partial charge in [0.15, 0.2) is 0 Å². The molecule has 2 rings (SSSR count). The van der Waals surface area contributed by atoms with Gasteiger partial charge in [-0.05, 0) is 30.5 Å². The van der Waals surface area contributed by atoms with Crippen LogP contribution in [0.4, 0.5) is 0 Å². The number of thiocarbonyl (C=S) groups is 1. The number of aliphatic hydroxyl groups excluding tert-OH is 1. The molecule has 1 fully saturated rings. The van der Waals surface area contributed by atoms with Crippen LogP contribution in [0.1, 0.15) is 24.4 Å². The average Bonchev–Trinajstić information content (AvgIpc) is 2.34. The molecular formula is C13H17ClN2OS. The Morgan fingerprint density at radius 3 is 2.39 bits per heavy atom. The number of nitrogens with two attached hydrogens (primary N) is 1. The monoisotopic (exact) mass is 284 g/mol. The van der Waals surface area contributed by atoms with Gasteiger partial charge in [0.05, 0.1) is 17.1 Å². The number of likely N-dealkylation sites (tertiary alicyclic amines) is 1. The topological polar surface area (TPSA) is 49.5 Å². The van der Waals surface area contributed by atoms with E-state index in [-0.39, 0.29) is 12.1 Å². The molecule has 1 saturated heterocycles. The number of rotatable bonds is 3. The van der Waals surface area contributed by atoms with Gasteiger partial charge >= 0.3 is 0 Å². The van der Waals surface area contributed by atoms with E-state index in [0.717, 1.165) is 31.5 Å². The summed E-state index contributed by atoms with van der Waals surface area (Å²) in [6, 6.07) is 7.54. The summed E-state index contributed by atoms with van der Waals surface area (Å²) in [5, 5.41) is 10.2. The van der Waals surface area contributed by atoms with E-state index in [9.17, 15) is 5.11 Å². The summed E-state index contributed by atoms with van der Waals surface area (Å²) < 4.78 is 0. The second-order valence-corrected chi connectivity index (χ2v) is 5.53. The molecule has 5 heteroatoms. The van der Waals surface area contributed by atoms with Gasteiger partial charge < -0.3 is 10.8 Å². The number of piperidine rings is 1. The molecule has 3 nitrogen and oxygen atoms in total. The summed E-state index contributed by atoms with van der Waals surface area (Å²) in [6.07, 6.45) is 1.35. The molecule has 3 N–H and O–H groups in total. The summed E-state index contributed by atoms with van der Waals surface area (Å²) in [6.45, 7) is 1.62. The van der Waals surface area contributed by atoms with Crippen LogP contribution in [0.15, 0.2) is 24.3 Å². The maximum Gasteiger partial charge on any atom is 0.0948 e. The first kappa shape index (κ1) is 13.7. The first-order chi connectivity index (χ1) is 8.58. The normalized spacial score (nSPS) is 19.7. The lowest BCUT2D eigenvalue weighted by atomic mass is 10.0. The quantitative estimate of drug-likeness (QED) is 0.835. The molecular weight excluding hydrogens is 268 g/mol. The number of halogens is 1. The highest BCUT2D eigenvalue weighted by atomic mass is 35.5. The minimum atomic E-state index is -0.196. The van der Waals surface area contributed by atoms with Crippen molar-refractivity contribution in [3.05, 3.63) is 34.9 Å². The SMILES string of the molecule is NC(=S)C(c1ccc(Cl)cc1)N1CCC(O)CC1. The molecule has 1 aromatic carbocycles. The third kappa shape index (κ3) is 3.20. The fourth-order valence-electron chi connectivity index (χ4n) is 2.34. The Hall–Kier alpha value is -0.680. The van der Waals surface area contributed by atoms with Crippen LogP contribution in [0.25, 0.3) is 0 Å². The van der Waals surface area contributed by atoms with E-state index in [1.54, 1.807) is 0 Å². The highest BCUT2D eigenvalue weighted by Gasteiger charge is 2.27. The minimum Gasteiger partial charge on any atom is -0.393 e. The second kappa shape index (κ2) is 5.97. The molecule has 1 aliphatic heterocycles. The lowest BCUT2D eigenvalue weighted by molar-refractivity contribution is 0.0739. The molecule has 1 heterocycles. The van der Waals surface area contributed by atoms with Gasteiger partial charge in [-0.25, -0.2) is 0 Å². The van der Waals surface area contributed by atoms with Crippen molar-refractivity contribution in [1.82, 2.24) is 4.90 Å². The van der Waals surface area contributed by atoms with Crippen molar-refractivity contribution in [3.8, 4) is 0 Å². The van der Waals surface area contributed by atoms with Crippen LogP contribution in [0, 0.1) is 0 Å². The van der Waals surface area contributed by atoms with E-state index in [1.807, 2.05) is 24.3 Å². The molecule has 0 amide bonds. The Bertz CT molecular complexity index is 416. The Labute approximate surface area is 118 Å². The van der Waals surface area contributed by atoms with E-state index in [1.165, 1.54) is 0 Å². The Balaban J connectivity index is 2.18. The Morgan fingerprint density at radius 1 is 1.33 bits per heavy atom.